The summed E-state index contributed by atoms with van der Waals surface area (Å²) in [5, 5.41) is 0. The Morgan fingerprint density at radius 2 is 1.55 bits per heavy atom. The van der Waals surface area contributed by atoms with Crippen molar-refractivity contribution in [3.05, 3.63) is 41.5 Å². The van der Waals surface area contributed by atoms with E-state index in [1.54, 1.807) is 0 Å². The summed E-state index contributed by atoms with van der Waals surface area (Å²) in [4.78, 5) is 26.5. The molecule has 2 bridgehead atoms. The first kappa shape index (κ1) is 11.9. The molecule has 3 aliphatic heterocycles. The summed E-state index contributed by atoms with van der Waals surface area (Å²) >= 11 is 0. The zero-order chi connectivity index (χ0) is 14.0. The molecule has 0 spiro atoms. The quantitative estimate of drug-likeness (QED) is 0.576. The highest BCUT2D eigenvalue weighted by Crippen LogP contribution is 2.46. The fourth-order valence-electron chi connectivity index (χ4n) is 3.42. The van der Waals surface area contributed by atoms with E-state index < -0.39 is 0 Å². The molecule has 0 saturated carbocycles. The van der Waals surface area contributed by atoms with Crippen molar-refractivity contribution >= 4 is 17.5 Å². The van der Waals surface area contributed by atoms with Crippen molar-refractivity contribution in [3.8, 4) is 0 Å². The van der Waals surface area contributed by atoms with Gasteiger partial charge in [0.05, 0.1) is 29.7 Å². The number of fused-ring (bicyclic) bond motifs is 5. The Balaban J connectivity index is 1.76. The third kappa shape index (κ3) is 1.34. The average molecular weight is 269 g/mol. The standard InChI is InChI=1S/C16H15NO3/c1-8-3-4-10(7-9(8)2)17-15(18)13-11-5-6-12(20-11)14(13)16(17)19/h3-7,11-14H,1-2H3/t11-,12-,13-,14-/m1/s1. The van der Waals surface area contributed by atoms with Crippen LogP contribution < -0.4 is 4.90 Å². The summed E-state index contributed by atoms with van der Waals surface area (Å²) < 4.78 is 5.63. The number of hydrogen-bond acceptors (Lipinski definition) is 3. The van der Waals surface area contributed by atoms with Gasteiger partial charge in [-0.15, -0.1) is 0 Å². The molecule has 2 amide bonds. The summed E-state index contributed by atoms with van der Waals surface area (Å²) in [7, 11) is 0. The van der Waals surface area contributed by atoms with Gasteiger partial charge in [-0.1, -0.05) is 18.2 Å². The second kappa shape index (κ2) is 3.79. The average Bonchev–Trinajstić information content (AvgIpc) is 3.08. The number of imide groups is 1. The molecule has 2 saturated heterocycles. The van der Waals surface area contributed by atoms with Crippen LogP contribution in [0.4, 0.5) is 5.69 Å². The van der Waals surface area contributed by atoms with Gasteiger partial charge in [-0.25, -0.2) is 4.90 Å². The van der Waals surface area contributed by atoms with Crippen molar-refractivity contribution in [2.45, 2.75) is 26.1 Å². The number of ether oxygens (including phenoxy) is 1. The predicted molar refractivity (Wildman–Crippen MR) is 73.2 cm³/mol. The van der Waals surface area contributed by atoms with Gasteiger partial charge in [0.2, 0.25) is 11.8 Å². The maximum atomic E-state index is 12.6. The summed E-state index contributed by atoms with van der Waals surface area (Å²) in [5.74, 6) is -0.918. The Bertz CT molecular complexity index is 634. The molecule has 4 nitrogen and oxygen atoms in total. The van der Waals surface area contributed by atoms with E-state index in [0.717, 1.165) is 11.1 Å². The lowest BCUT2D eigenvalue weighted by molar-refractivity contribution is -0.124. The fraction of sp³-hybridized carbons (Fsp3) is 0.375. The summed E-state index contributed by atoms with van der Waals surface area (Å²) in [5.41, 5.74) is 2.91. The smallest absolute Gasteiger partial charge is 0.240 e. The number of anilines is 1. The maximum Gasteiger partial charge on any atom is 0.240 e. The van der Waals surface area contributed by atoms with E-state index in [1.165, 1.54) is 4.90 Å². The first-order chi connectivity index (χ1) is 9.58. The van der Waals surface area contributed by atoms with E-state index in [-0.39, 0.29) is 35.9 Å². The van der Waals surface area contributed by atoms with Crippen LogP contribution in [0.25, 0.3) is 0 Å². The first-order valence-corrected chi connectivity index (χ1v) is 6.87. The lowest BCUT2D eigenvalue weighted by Gasteiger charge is -2.18. The minimum absolute atomic E-state index is 0.125. The van der Waals surface area contributed by atoms with Crippen molar-refractivity contribution in [1.82, 2.24) is 0 Å². The van der Waals surface area contributed by atoms with Crippen LogP contribution in [0.3, 0.4) is 0 Å². The zero-order valence-electron chi connectivity index (χ0n) is 11.4. The molecule has 4 heteroatoms. The first-order valence-electron chi connectivity index (χ1n) is 6.87. The number of rotatable bonds is 1. The molecule has 0 aliphatic carbocycles. The van der Waals surface area contributed by atoms with Crippen molar-refractivity contribution in [1.29, 1.82) is 0 Å². The summed E-state index contributed by atoms with van der Waals surface area (Å²) in [6.07, 6.45) is 3.36. The Morgan fingerprint density at radius 3 is 2.10 bits per heavy atom. The highest BCUT2D eigenvalue weighted by atomic mass is 16.5. The van der Waals surface area contributed by atoms with Gasteiger partial charge in [-0.05, 0) is 37.1 Å². The van der Waals surface area contributed by atoms with Gasteiger partial charge >= 0.3 is 0 Å². The zero-order valence-corrected chi connectivity index (χ0v) is 11.4. The molecule has 0 unspecified atom stereocenters. The molecule has 1 aromatic carbocycles. The van der Waals surface area contributed by atoms with Gasteiger partial charge in [-0.3, -0.25) is 9.59 Å². The second-order valence-electron chi connectivity index (χ2n) is 5.78. The van der Waals surface area contributed by atoms with Crippen LogP contribution in [0.2, 0.25) is 0 Å². The molecule has 3 aliphatic rings. The monoisotopic (exact) mass is 269 g/mol. The van der Waals surface area contributed by atoms with E-state index in [4.69, 9.17) is 4.74 Å². The van der Waals surface area contributed by atoms with Crippen LogP contribution >= 0.6 is 0 Å². The Kier molecular flexibility index (Phi) is 2.25. The molecule has 20 heavy (non-hydrogen) atoms. The lowest BCUT2D eigenvalue weighted by atomic mass is 9.85. The molecule has 3 heterocycles. The Morgan fingerprint density at radius 1 is 0.950 bits per heavy atom. The number of carbonyl (C=O) groups is 2. The maximum absolute atomic E-state index is 12.6. The molecule has 1 aromatic rings. The van der Waals surface area contributed by atoms with E-state index in [0.29, 0.717) is 5.69 Å². The molecule has 102 valence electrons. The van der Waals surface area contributed by atoms with Crippen LogP contribution in [-0.4, -0.2) is 24.0 Å². The van der Waals surface area contributed by atoms with E-state index in [2.05, 4.69) is 0 Å². The molecule has 0 N–H and O–H groups in total. The van der Waals surface area contributed by atoms with E-state index >= 15 is 0 Å². The number of nitrogens with zero attached hydrogens (tertiary/aromatic N) is 1. The second-order valence-corrected chi connectivity index (χ2v) is 5.78. The molecular formula is C16H15NO3. The van der Waals surface area contributed by atoms with Gasteiger partial charge in [0.25, 0.3) is 0 Å². The molecule has 0 aromatic heterocycles. The van der Waals surface area contributed by atoms with Crippen LogP contribution in [0.1, 0.15) is 11.1 Å². The van der Waals surface area contributed by atoms with E-state index in [1.807, 2.05) is 44.2 Å². The SMILES string of the molecule is Cc1ccc(N2C(=O)[C@H]3[C@H](C2=O)[C@H]2C=C[C@H]3O2)cc1C. The van der Waals surface area contributed by atoms with Crippen molar-refractivity contribution in [3.63, 3.8) is 0 Å². The molecular weight excluding hydrogens is 254 g/mol. The normalized spacial score (nSPS) is 34.2. The third-order valence-electron chi connectivity index (χ3n) is 4.66. The van der Waals surface area contributed by atoms with Crippen LogP contribution in [0.5, 0.6) is 0 Å². The van der Waals surface area contributed by atoms with Crippen LogP contribution in [0.15, 0.2) is 30.4 Å². The Hall–Kier alpha value is -1.94. The predicted octanol–water partition coefficient (Wildman–Crippen LogP) is 1.75. The highest BCUT2D eigenvalue weighted by Gasteiger charge is 2.60. The number of carbonyl (C=O) groups excluding carboxylic acids is 2. The van der Waals surface area contributed by atoms with Gasteiger partial charge in [0.15, 0.2) is 0 Å². The van der Waals surface area contributed by atoms with Gasteiger partial charge < -0.3 is 4.74 Å². The molecule has 2 fully saturated rings. The minimum Gasteiger partial charge on any atom is -0.365 e. The minimum atomic E-state index is -0.334. The molecule has 4 atom stereocenters. The van der Waals surface area contributed by atoms with E-state index in [9.17, 15) is 9.59 Å². The highest BCUT2D eigenvalue weighted by molar-refractivity contribution is 6.23. The van der Waals surface area contributed by atoms with Crippen molar-refractivity contribution in [2.24, 2.45) is 11.8 Å². The lowest BCUT2D eigenvalue weighted by Crippen LogP contribution is -2.34. The largest absolute Gasteiger partial charge is 0.365 e. The number of amides is 2. The summed E-state index contributed by atoms with van der Waals surface area (Å²) in [6, 6.07) is 5.69. The van der Waals surface area contributed by atoms with Crippen molar-refractivity contribution in [2.75, 3.05) is 4.90 Å². The van der Waals surface area contributed by atoms with Crippen LogP contribution in [-0.2, 0) is 14.3 Å². The van der Waals surface area contributed by atoms with Gasteiger partial charge in [0.1, 0.15) is 0 Å². The topological polar surface area (TPSA) is 46.6 Å². The third-order valence-corrected chi connectivity index (χ3v) is 4.66. The molecule has 4 rings (SSSR count). The van der Waals surface area contributed by atoms with Crippen molar-refractivity contribution < 1.29 is 14.3 Å². The van der Waals surface area contributed by atoms with Gasteiger partial charge in [0, 0.05) is 0 Å². The Labute approximate surface area is 117 Å². The number of benzene rings is 1. The number of hydrogen-bond donors (Lipinski definition) is 0. The van der Waals surface area contributed by atoms with Crippen LogP contribution in [0, 0.1) is 25.7 Å². The molecule has 0 radical (unpaired) electrons. The summed E-state index contributed by atoms with van der Waals surface area (Å²) in [6.45, 7) is 4.00. The van der Waals surface area contributed by atoms with Gasteiger partial charge in [-0.2, -0.15) is 0 Å². The fourth-order valence-corrected chi connectivity index (χ4v) is 3.42. The number of aryl methyl sites for hydroxylation is 2.